The van der Waals surface area contributed by atoms with E-state index in [9.17, 15) is 36.0 Å². The summed E-state index contributed by atoms with van der Waals surface area (Å²) in [6.07, 6.45) is -3.84. The molecule has 0 saturated carbocycles. The van der Waals surface area contributed by atoms with E-state index in [0.717, 1.165) is 33.5 Å². The Morgan fingerprint density at radius 2 is 1.80 bits per heavy atom. The molecule has 10 nitrogen and oxygen atoms in total. The highest BCUT2D eigenvalue weighted by Crippen LogP contribution is 2.32. The molecule has 2 fully saturated rings. The van der Waals surface area contributed by atoms with E-state index in [1.54, 1.807) is 31.2 Å². The molecule has 2 saturated heterocycles. The first-order valence-electron chi connectivity index (χ1n) is 13.0. The van der Waals surface area contributed by atoms with Crippen molar-refractivity contribution in [1.82, 2.24) is 14.5 Å². The Morgan fingerprint density at radius 1 is 1.10 bits per heavy atom. The first kappa shape index (κ1) is 28.6. The molecule has 3 heterocycles. The van der Waals surface area contributed by atoms with Crippen molar-refractivity contribution in [2.45, 2.75) is 37.1 Å². The maximum atomic E-state index is 13.4. The predicted octanol–water partition coefficient (Wildman–Crippen LogP) is 3.83. The molecular weight excluding hydrogens is 565 g/mol. The molecule has 0 bridgehead atoms. The molecule has 3 aromatic rings. The minimum absolute atomic E-state index is 0.0192. The molecule has 2 atom stereocenters. The minimum atomic E-state index is -4.55. The largest absolute Gasteiger partial charge is 0.443 e. The number of nitrogens with one attached hydrogen (secondary N) is 1. The smallest absolute Gasteiger partial charge is 0.416 e. The normalized spacial score (nSPS) is 20.7. The number of hydrogen-bond donors (Lipinski definition) is 1. The third kappa shape index (κ3) is 5.40. The number of urea groups is 1. The van der Waals surface area contributed by atoms with Crippen molar-refractivity contribution in [3.8, 4) is 0 Å². The van der Waals surface area contributed by atoms with Crippen molar-refractivity contribution in [2.24, 2.45) is 5.92 Å². The molecule has 218 valence electrons. The number of para-hydroxylation sites is 1. The molecule has 0 radical (unpaired) electrons. The van der Waals surface area contributed by atoms with Gasteiger partial charge < -0.3 is 9.73 Å². The molecule has 14 heteroatoms. The minimum Gasteiger partial charge on any atom is -0.443 e. The summed E-state index contributed by atoms with van der Waals surface area (Å²) in [6.45, 7) is 1.34. The van der Waals surface area contributed by atoms with E-state index in [1.807, 2.05) is 0 Å². The van der Waals surface area contributed by atoms with Crippen molar-refractivity contribution in [1.29, 1.82) is 0 Å². The number of amides is 4. The van der Waals surface area contributed by atoms with Crippen LogP contribution < -0.4 is 10.2 Å². The second-order valence-electron chi connectivity index (χ2n) is 9.84. The Hall–Kier alpha value is -3.91. The molecule has 0 aliphatic carbocycles. The van der Waals surface area contributed by atoms with Crippen molar-refractivity contribution in [3.63, 3.8) is 0 Å². The molecular formula is C27H27F3N4O6S. The number of sulfonamides is 1. The summed E-state index contributed by atoms with van der Waals surface area (Å²) in [5.41, 5.74) is -0.310. The fraction of sp³-hybridized carbons (Fsp3) is 0.370. The van der Waals surface area contributed by atoms with Gasteiger partial charge in [0.2, 0.25) is 16.9 Å². The van der Waals surface area contributed by atoms with Crippen LogP contribution in [0.5, 0.6) is 0 Å². The monoisotopic (exact) mass is 592 g/mol. The van der Waals surface area contributed by atoms with Gasteiger partial charge in [0.15, 0.2) is 0 Å². The molecule has 5 rings (SSSR count). The van der Waals surface area contributed by atoms with Gasteiger partial charge in [-0.3, -0.25) is 19.4 Å². The number of hydrogen-bond acceptors (Lipinski definition) is 6. The molecule has 4 amide bonds. The highest BCUT2D eigenvalue weighted by Gasteiger charge is 2.43. The summed E-state index contributed by atoms with van der Waals surface area (Å²) >= 11 is 0. The van der Waals surface area contributed by atoms with Gasteiger partial charge in [-0.2, -0.15) is 17.5 Å². The lowest BCUT2D eigenvalue weighted by Crippen LogP contribution is -2.59. The lowest BCUT2D eigenvalue weighted by molar-refractivity contribution is -0.137. The fourth-order valence-corrected chi connectivity index (χ4v) is 6.77. The number of carbonyl (C=O) groups excluding carboxylic acids is 3. The Kier molecular flexibility index (Phi) is 7.55. The Morgan fingerprint density at radius 3 is 2.46 bits per heavy atom. The summed E-state index contributed by atoms with van der Waals surface area (Å²) < 4.78 is 72.3. The number of nitrogens with zero attached hydrogens (tertiary/aromatic N) is 3. The second kappa shape index (κ2) is 10.8. The molecule has 2 aromatic carbocycles. The lowest BCUT2D eigenvalue weighted by atomic mass is 10.0. The number of imide groups is 1. The number of rotatable bonds is 7. The van der Waals surface area contributed by atoms with Gasteiger partial charge in [0, 0.05) is 43.3 Å². The van der Waals surface area contributed by atoms with Gasteiger partial charge in [0.25, 0.3) is 10.0 Å². The predicted molar refractivity (Wildman–Crippen MR) is 141 cm³/mol. The van der Waals surface area contributed by atoms with Crippen molar-refractivity contribution >= 4 is 44.5 Å². The molecule has 0 spiro atoms. The zero-order chi connectivity index (χ0) is 29.5. The number of carbonyl (C=O) groups is 3. The van der Waals surface area contributed by atoms with E-state index in [0.29, 0.717) is 17.4 Å². The number of benzene rings is 2. The molecule has 2 aliphatic rings. The van der Waals surface area contributed by atoms with E-state index in [1.165, 1.54) is 11.0 Å². The molecule has 2 aliphatic heterocycles. The van der Waals surface area contributed by atoms with Crippen LogP contribution >= 0.6 is 0 Å². The Bertz CT molecular complexity index is 1560. The van der Waals surface area contributed by atoms with Crippen LogP contribution in [0.25, 0.3) is 11.0 Å². The topological polar surface area (TPSA) is 120 Å². The molecule has 41 heavy (non-hydrogen) atoms. The number of fused-ring (bicyclic) bond motifs is 1. The summed E-state index contributed by atoms with van der Waals surface area (Å²) in [6, 6.07) is 10.5. The molecule has 1 unspecified atom stereocenters. The number of alkyl halides is 3. The molecule has 1 N–H and O–H groups in total. The van der Waals surface area contributed by atoms with Crippen molar-refractivity contribution < 1.29 is 40.4 Å². The molecule has 1 aromatic heterocycles. The van der Waals surface area contributed by atoms with Crippen LogP contribution in [-0.2, 0) is 25.8 Å². The van der Waals surface area contributed by atoms with E-state index >= 15 is 0 Å². The van der Waals surface area contributed by atoms with E-state index in [2.05, 4.69) is 5.32 Å². The van der Waals surface area contributed by atoms with E-state index in [4.69, 9.17) is 4.42 Å². The maximum Gasteiger partial charge on any atom is 0.416 e. The van der Waals surface area contributed by atoms with Gasteiger partial charge in [-0.15, -0.1) is 0 Å². The lowest BCUT2D eigenvalue weighted by Gasteiger charge is -2.38. The van der Waals surface area contributed by atoms with Crippen LogP contribution in [0.3, 0.4) is 0 Å². The average molecular weight is 593 g/mol. The van der Waals surface area contributed by atoms with Gasteiger partial charge in [-0.05, 0) is 50.1 Å². The van der Waals surface area contributed by atoms with Crippen LogP contribution in [0.2, 0.25) is 0 Å². The number of furan rings is 1. The second-order valence-corrected chi connectivity index (χ2v) is 11.7. The fourth-order valence-electron chi connectivity index (χ4n) is 5.16. The summed E-state index contributed by atoms with van der Waals surface area (Å²) in [5, 5.41) is 2.99. The standard InChI is InChI=1S/C27H27F3N4O6S/c1-2-32-25(36)18(16-33(26(32)37)20-11-9-19(10-12-20)27(28,29)30)15-31-24(35)21-7-5-13-34(21)41(38,39)23-14-17-6-3-4-8-22(17)40-23/h3-4,6,8-12,14,18,21H,2,5,7,13,15-16H2,1H3,(H,31,35)/t18?,21-/m0/s1. The first-order valence-corrected chi connectivity index (χ1v) is 14.4. The van der Waals surface area contributed by atoms with Crippen LogP contribution in [0.1, 0.15) is 25.3 Å². The summed E-state index contributed by atoms with van der Waals surface area (Å²) in [4.78, 5) is 41.3. The third-order valence-corrected chi connectivity index (χ3v) is 9.06. The van der Waals surface area contributed by atoms with Gasteiger partial charge in [0.05, 0.1) is 11.5 Å². The van der Waals surface area contributed by atoms with Crippen LogP contribution in [0.15, 0.2) is 64.1 Å². The Balaban J connectivity index is 1.30. The van der Waals surface area contributed by atoms with Gasteiger partial charge >= 0.3 is 12.2 Å². The van der Waals surface area contributed by atoms with Crippen molar-refractivity contribution in [2.75, 3.05) is 31.1 Å². The summed E-state index contributed by atoms with van der Waals surface area (Å²) in [7, 11) is -4.13. The zero-order valence-electron chi connectivity index (χ0n) is 21.9. The number of anilines is 1. The third-order valence-electron chi connectivity index (χ3n) is 7.30. The zero-order valence-corrected chi connectivity index (χ0v) is 22.7. The van der Waals surface area contributed by atoms with Crippen LogP contribution in [-0.4, -0.2) is 67.7 Å². The van der Waals surface area contributed by atoms with Gasteiger partial charge in [0.1, 0.15) is 11.6 Å². The maximum absolute atomic E-state index is 13.4. The quantitative estimate of drug-likeness (QED) is 0.446. The highest BCUT2D eigenvalue weighted by atomic mass is 32.2. The summed E-state index contributed by atoms with van der Waals surface area (Å²) in [5.74, 6) is -2.05. The van der Waals surface area contributed by atoms with Crippen LogP contribution in [0, 0.1) is 5.92 Å². The Labute approximate surface area is 233 Å². The average Bonchev–Trinajstić information content (AvgIpc) is 3.61. The van der Waals surface area contributed by atoms with Gasteiger partial charge in [-0.25, -0.2) is 13.2 Å². The van der Waals surface area contributed by atoms with Crippen molar-refractivity contribution in [3.05, 3.63) is 60.2 Å². The van der Waals surface area contributed by atoms with Gasteiger partial charge in [-0.1, -0.05) is 18.2 Å². The number of halogens is 3. The highest BCUT2D eigenvalue weighted by molar-refractivity contribution is 7.89. The SMILES string of the molecule is CCN1C(=O)C(CNC(=O)[C@@H]2CCCN2S(=O)(=O)c2cc3ccccc3o2)CN(c2ccc(C(F)(F)F)cc2)C1=O. The first-order chi connectivity index (χ1) is 19.4. The van der Waals surface area contributed by atoms with E-state index in [-0.39, 0.29) is 43.4 Å². The van der Waals surface area contributed by atoms with E-state index < -0.39 is 51.6 Å². The van der Waals surface area contributed by atoms with Crippen LogP contribution in [0.4, 0.5) is 23.7 Å².